The van der Waals surface area contributed by atoms with Gasteiger partial charge in [0, 0.05) is 37.0 Å². The number of nitrogens with zero attached hydrogens (tertiary/aromatic N) is 3. The van der Waals surface area contributed by atoms with Crippen LogP contribution in [0.1, 0.15) is 52.1 Å². The summed E-state index contributed by atoms with van der Waals surface area (Å²) in [4.78, 5) is 30.8. The van der Waals surface area contributed by atoms with E-state index in [1.54, 1.807) is 17.0 Å². The summed E-state index contributed by atoms with van der Waals surface area (Å²) in [6, 6.07) is 1.66. The fourth-order valence-corrected chi connectivity index (χ4v) is 3.18. The van der Waals surface area contributed by atoms with Gasteiger partial charge in [-0.15, -0.1) is 0 Å². The third-order valence-corrected chi connectivity index (χ3v) is 4.96. The zero-order valence-corrected chi connectivity index (χ0v) is 14.4. The third kappa shape index (κ3) is 3.82. The lowest BCUT2D eigenvalue weighted by Gasteiger charge is -2.32. The number of hydrogen-bond donors (Lipinski definition) is 0. The Bertz CT molecular complexity index is 632. The fraction of sp³-hybridized carbons (Fsp3) is 0.722. The predicted molar refractivity (Wildman–Crippen MR) is 89.2 cm³/mol. The number of carbonyl (C=O) groups excluding carboxylic acids is 1. The molecule has 5 nitrogen and oxygen atoms in total. The van der Waals surface area contributed by atoms with Crippen LogP contribution in [0.2, 0.25) is 0 Å². The maximum atomic E-state index is 12.3. The molecule has 0 unspecified atom stereocenters. The Hall–Kier alpha value is -1.65. The summed E-state index contributed by atoms with van der Waals surface area (Å²) < 4.78 is 1.72. The average molecular weight is 317 g/mol. The van der Waals surface area contributed by atoms with Crippen molar-refractivity contribution in [3.8, 4) is 0 Å². The van der Waals surface area contributed by atoms with Gasteiger partial charge in [-0.3, -0.25) is 14.2 Å². The minimum Gasteiger partial charge on any atom is -0.342 e. The SMILES string of the molecule is CC(C)(C)c1cc(=O)n(CC2CCN(C(=O)C3CC3)CC2)cn1. The number of rotatable bonds is 3. The quantitative estimate of drug-likeness (QED) is 0.859. The molecule has 2 heterocycles. The standard InChI is InChI=1S/C18H27N3O2/c1-18(2,3)15-10-16(22)21(12-19-15)11-13-6-8-20(9-7-13)17(23)14-4-5-14/h10,12-14H,4-9,11H2,1-3H3. The van der Waals surface area contributed by atoms with Crippen LogP contribution >= 0.6 is 0 Å². The highest BCUT2D eigenvalue weighted by atomic mass is 16.2. The van der Waals surface area contributed by atoms with Crippen LogP contribution in [-0.4, -0.2) is 33.4 Å². The molecule has 5 heteroatoms. The topological polar surface area (TPSA) is 55.2 Å². The van der Waals surface area contributed by atoms with Crippen LogP contribution in [-0.2, 0) is 16.8 Å². The summed E-state index contributed by atoms with van der Waals surface area (Å²) >= 11 is 0. The molecule has 0 radical (unpaired) electrons. The van der Waals surface area contributed by atoms with E-state index in [2.05, 4.69) is 25.8 Å². The Balaban J connectivity index is 1.58. The first-order valence-electron chi connectivity index (χ1n) is 8.70. The van der Waals surface area contributed by atoms with Crippen molar-refractivity contribution in [1.82, 2.24) is 14.5 Å². The van der Waals surface area contributed by atoms with E-state index in [0.717, 1.165) is 44.5 Å². The van der Waals surface area contributed by atoms with Gasteiger partial charge in [0.2, 0.25) is 5.91 Å². The van der Waals surface area contributed by atoms with Gasteiger partial charge in [0.05, 0.1) is 12.0 Å². The zero-order valence-electron chi connectivity index (χ0n) is 14.4. The van der Waals surface area contributed by atoms with E-state index in [-0.39, 0.29) is 11.0 Å². The first-order valence-corrected chi connectivity index (χ1v) is 8.70. The van der Waals surface area contributed by atoms with E-state index >= 15 is 0 Å². The monoisotopic (exact) mass is 317 g/mol. The van der Waals surface area contributed by atoms with Crippen LogP contribution in [0.25, 0.3) is 0 Å². The summed E-state index contributed by atoms with van der Waals surface area (Å²) in [6.45, 7) is 8.56. The molecule has 1 saturated carbocycles. The van der Waals surface area contributed by atoms with E-state index in [4.69, 9.17) is 0 Å². The predicted octanol–water partition coefficient (Wildman–Crippen LogP) is 2.19. The Morgan fingerprint density at radius 3 is 2.39 bits per heavy atom. The smallest absolute Gasteiger partial charge is 0.253 e. The molecule has 1 aliphatic carbocycles. The number of hydrogen-bond acceptors (Lipinski definition) is 3. The van der Waals surface area contributed by atoms with E-state index < -0.39 is 0 Å². The summed E-state index contributed by atoms with van der Waals surface area (Å²) in [6.07, 6.45) is 5.78. The van der Waals surface area contributed by atoms with Gasteiger partial charge in [-0.05, 0) is 31.6 Å². The molecule has 126 valence electrons. The maximum Gasteiger partial charge on any atom is 0.253 e. The number of likely N-dealkylation sites (tertiary alicyclic amines) is 1. The van der Waals surface area contributed by atoms with E-state index in [0.29, 0.717) is 24.3 Å². The van der Waals surface area contributed by atoms with Gasteiger partial charge in [0.15, 0.2) is 0 Å². The van der Waals surface area contributed by atoms with E-state index in [1.807, 2.05) is 4.90 Å². The molecular weight excluding hydrogens is 290 g/mol. The average Bonchev–Trinajstić information content (AvgIpc) is 3.33. The summed E-state index contributed by atoms with van der Waals surface area (Å²) in [5.74, 6) is 1.11. The van der Waals surface area contributed by atoms with Gasteiger partial charge in [-0.1, -0.05) is 20.8 Å². The first-order chi connectivity index (χ1) is 10.8. The molecule has 1 saturated heterocycles. The lowest BCUT2D eigenvalue weighted by molar-refractivity contribution is -0.134. The molecule has 0 bridgehead atoms. The highest BCUT2D eigenvalue weighted by Crippen LogP contribution is 2.32. The van der Waals surface area contributed by atoms with Crippen LogP contribution in [0.15, 0.2) is 17.2 Å². The van der Waals surface area contributed by atoms with Crippen molar-refractivity contribution in [2.45, 2.75) is 58.4 Å². The van der Waals surface area contributed by atoms with Crippen LogP contribution in [0, 0.1) is 11.8 Å². The van der Waals surface area contributed by atoms with Gasteiger partial charge >= 0.3 is 0 Å². The number of piperidine rings is 1. The molecular formula is C18H27N3O2. The summed E-state index contributed by atoms with van der Waals surface area (Å²) in [5.41, 5.74) is 0.761. The van der Waals surface area contributed by atoms with Crippen molar-refractivity contribution in [2.24, 2.45) is 11.8 Å². The third-order valence-electron chi connectivity index (χ3n) is 4.96. The Kier molecular flexibility index (Phi) is 4.30. The van der Waals surface area contributed by atoms with Crippen molar-refractivity contribution in [1.29, 1.82) is 0 Å². The second kappa shape index (κ2) is 6.10. The van der Waals surface area contributed by atoms with Crippen LogP contribution < -0.4 is 5.56 Å². The van der Waals surface area contributed by atoms with Crippen molar-refractivity contribution < 1.29 is 4.79 Å². The van der Waals surface area contributed by atoms with Crippen LogP contribution in [0.5, 0.6) is 0 Å². The molecule has 0 spiro atoms. The largest absolute Gasteiger partial charge is 0.342 e. The first kappa shape index (κ1) is 16.2. The molecule has 3 rings (SSSR count). The van der Waals surface area contributed by atoms with Gasteiger partial charge in [0.1, 0.15) is 0 Å². The van der Waals surface area contributed by atoms with Gasteiger partial charge in [-0.2, -0.15) is 0 Å². The number of aromatic nitrogens is 2. The zero-order chi connectivity index (χ0) is 16.6. The van der Waals surface area contributed by atoms with Gasteiger partial charge in [0.25, 0.3) is 5.56 Å². The van der Waals surface area contributed by atoms with Crippen molar-refractivity contribution in [3.63, 3.8) is 0 Å². The minimum absolute atomic E-state index is 0.0291. The maximum absolute atomic E-state index is 12.3. The Morgan fingerprint density at radius 2 is 1.87 bits per heavy atom. The van der Waals surface area contributed by atoms with Gasteiger partial charge in [-0.25, -0.2) is 4.98 Å². The Labute approximate surface area is 137 Å². The van der Waals surface area contributed by atoms with Crippen LogP contribution in [0.3, 0.4) is 0 Å². The molecule has 0 atom stereocenters. The Morgan fingerprint density at radius 1 is 1.22 bits per heavy atom. The molecule has 1 aromatic rings. The van der Waals surface area contributed by atoms with Gasteiger partial charge < -0.3 is 4.90 Å². The second-order valence-electron chi connectivity index (χ2n) is 8.06. The molecule has 2 aliphatic rings. The molecule has 1 amide bonds. The normalized spacial score (nSPS) is 19.9. The van der Waals surface area contributed by atoms with Crippen molar-refractivity contribution in [3.05, 3.63) is 28.4 Å². The van der Waals surface area contributed by atoms with Crippen LogP contribution in [0.4, 0.5) is 0 Å². The van der Waals surface area contributed by atoms with Crippen molar-refractivity contribution >= 4 is 5.91 Å². The molecule has 0 N–H and O–H groups in total. The molecule has 0 aromatic carbocycles. The highest BCUT2D eigenvalue weighted by Gasteiger charge is 2.34. The molecule has 23 heavy (non-hydrogen) atoms. The number of carbonyl (C=O) groups is 1. The lowest BCUT2D eigenvalue weighted by atomic mass is 9.92. The number of amides is 1. The summed E-state index contributed by atoms with van der Waals surface area (Å²) in [5, 5.41) is 0. The molecule has 1 aromatic heterocycles. The van der Waals surface area contributed by atoms with E-state index in [1.165, 1.54) is 0 Å². The van der Waals surface area contributed by atoms with E-state index in [9.17, 15) is 9.59 Å². The molecule has 1 aliphatic heterocycles. The lowest BCUT2D eigenvalue weighted by Crippen LogP contribution is -2.40. The second-order valence-corrected chi connectivity index (χ2v) is 8.06. The fourth-order valence-electron chi connectivity index (χ4n) is 3.18. The molecule has 2 fully saturated rings. The van der Waals surface area contributed by atoms with Crippen molar-refractivity contribution in [2.75, 3.05) is 13.1 Å². The summed E-state index contributed by atoms with van der Waals surface area (Å²) in [7, 11) is 0. The minimum atomic E-state index is -0.104. The highest BCUT2D eigenvalue weighted by molar-refractivity contribution is 5.81.